The molecule has 0 atom stereocenters. The molecule has 28 heavy (non-hydrogen) atoms. The van der Waals surface area contributed by atoms with Crippen molar-refractivity contribution in [2.24, 2.45) is 0 Å². The summed E-state index contributed by atoms with van der Waals surface area (Å²) in [7, 11) is 0. The molecule has 144 valence electrons. The molecule has 1 amide bonds. The molecule has 0 saturated carbocycles. The van der Waals surface area contributed by atoms with Crippen LogP contribution < -0.4 is 16.2 Å². The largest absolute Gasteiger partial charge is 0.325 e. The standard InChI is InChI=1S/C22H24N4O2/c27-21(15-23-12-4-8-16-6-2-1-3-7-16)24-17-10-11-19-18(14-17)22(28)26-13-5-9-20(26)25-19/h1-3,6-7,10-11,14,23H,4-5,8-9,12-13,15H2,(H,24,27). The minimum Gasteiger partial charge on any atom is -0.325 e. The number of nitrogens with one attached hydrogen (secondary N) is 2. The Balaban J connectivity index is 1.30. The van der Waals surface area contributed by atoms with Crippen molar-refractivity contribution in [3.8, 4) is 0 Å². The van der Waals surface area contributed by atoms with Gasteiger partial charge < -0.3 is 10.6 Å². The number of hydrogen-bond donors (Lipinski definition) is 2. The van der Waals surface area contributed by atoms with Gasteiger partial charge in [0.15, 0.2) is 0 Å². The predicted octanol–water partition coefficient (Wildman–Crippen LogP) is 2.50. The molecule has 1 aliphatic heterocycles. The SMILES string of the molecule is O=C(CNCCCc1ccccc1)Nc1ccc2nc3n(c(=O)c2c1)CCC3. The molecule has 4 rings (SSSR count). The molecule has 2 N–H and O–H groups in total. The van der Waals surface area contributed by atoms with Crippen molar-refractivity contribution in [3.05, 3.63) is 70.3 Å². The molecule has 0 bridgehead atoms. The molecule has 1 aliphatic rings. The molecule has 0 saturated heterocycles. The first kappa shape index (κ1) is 18.4. The Labute approximate surface area is 163 Å². The van der Waals surface area contributed by atoms with Gasteiger partial charge in [-0.1, -0.05) is 30.3 Å². The first-order chi connectivity index (χ1) is 13.7. The van der Waals surface area contributed by atoms with Crippen LogP contribution in [0.2, 0.25) is 0 Å². The molecule has 6 nitrogen and oxygen atoms in total. The summed E-state index contributed by atoms with van der Waals surface area (Å²) in [5.74, 6) is 0.738. The fourth-order valence-corrected chi connectivity index (χ4v) is 3.63. The van der Waals surface area contributed by atoms with Crippen LogP contribution in [-0.4, -0.2) is 28.5 Å². The zero-order chi connectivity index (χ0) is 19.3. The third kappa shape index (κ3) is 4.12. The summed E-state index contributed by atoms with van der Waals surface area (Å²) in [5.41, 5.74) is 2.60. The van der Waals surface area contributed by atoms with Gasteiger partial charge in [0.05, 0.1) is 17.4 Å². The summed E-state index contributed by atoms with van der Waals surface area (Å²) >= 11 is 0. The van der Waals surface area contributed by atoms with Crippen LogP contribution in [0.4, 0.5) is 5.69 Å². The topological polar surface area (TPSA) is 76.0 Å². The maximum absolute atomic E-state index is 12.6. The van der Waals surface area contributed by atoms with E-state index in [1.807, 2.05) is 18.2 Å². The molecule has 0 unspecified atom stereocenters. The Morgan fingerprint density at radius 3 is 2.86 bits per heavy atom. The molecule has 2 aromatic carbocycles. The summed E-state index contributed by atoms with van der Waals surface area (Å²) in [6, 6.07) is 15.6. The quantitative estimate of drug-likeness (QED) is 0.621. The number of aromatic nitrogens is 2. The van der Waals surface area contributed by atoms with E-state index in [0.29, 0.717) is 16.6 Å². The lowest BCUT2D eigenvalue weighted by atomic mass is 10.1. The van der Waals surface area contributed by atoms with E-state index in [1.165, 1.54) is 5.56 Å². The van der Waals surface area contributed by atoms with E-state index in [2.05, 4.69) is 27.8 Å². The van der Waals surface area contributed by atoms with Crippen LogP contribution in [-0.2, 0) is 24.2 Å². The number of carbonyl (C=O) groups excluding carboxylic acids is 1. The molecule has 3 aromatic rings. The van der Waals surface area contributed by atoms with Crippen LogP contribution in [0.1, 0.15) is 24.2 Å². The minimum absolute atomic E-state index is 0.0207. The van der Waals surface area contributed by atoms with Gasteiger partial charge in [0, 0.05) is 18.7 Å². The van der Waals surface area contributed by atoms with Crippen LogP contribution in [0, 0.1) is 0 Å². The van der Waals surface area contributed by atoms with Crippen LogP contribution in [0.3, 0.4) is 0 Å². The van der Waals surface area contributed by atoms with Crippen LogP contribution in [0.15, 0.2) is 53.3 Å². The molecule has 0 radical (unpaired) electrons. The van der Waals surface area contributed by atoms with E-state index in [4.69, 9.17) is 0 Å². The Morgan fingerprint density at radius 1 is 1.14 bits per heavy atom. The Bertz CT molecular complexity index is 1040. The van der Waals surface area contributed by atoms with Gasteiger partial charge >= 0.3 is 0 Å². The van der Waals surface area contributed by atoms with Gasteiger partial charge in [0.2, 0.25) is 5.91 Å². The highest BCUT2D eigenvalue weighted by Gasteiger charge is 2.16. The van der Waals surface area contributed by atoms with Gasteiger partial charge in [-0.25, -0.2) is 4.98 Å². The number of hydrogen-bond acceptors (Lipinski definition) is 4. The Hall–Kier alpha value is -2.99. The summed E-state index contributed by atoms with van der Waals surface area (Å²) in [5, 5.41) is 6.58. The van der Waals surface area contributed by atoms with Crippen molar-refractivity contribution in [1.82, 2.24) is 14.9 Å². The summed E-state index contributed by atoms with van der Waals surface area (Å²) in [6.45, 7) is 1.74. The van der Waals surface area contributed by atoms with Crippen LogP contribution >= 0.6 is 0 Å². The van der Waals surface area contributed by atoms with Crippen molar-refractivity contribution in [3.63, 3.8) is 0 Å². The average molecular weight is 376 g/mol. The smallest absolute Gasteiger partial charge is 0.261 e. The van der Waals surface area contributed by atoms with Crippen LogP contribution in [0.5, 0.6) is 0 Å². The van der Waals surface area contributed by atoms with Crippen molar-refractivity contribution in [2.45, 2.75) is 32.2 Å². The van der Waals surface area contributed by atoms with Crippen molar-refractivity contribution in [1.29, 1.82) is 0 Å². The molecule has 2 heterocycles. The van der Waals surface area contributed by atoms with E-state index in [-0.39, 0.29) is 18.0 Å². The summed E-state index contributed by atoms with van der Waals surface area (Å²) in [4.78, 5) is 29.4. The second-order valence-corrected chi connectivity index (χ2v) is 7.13. The molecular formula is C22H24N4O2. The molecule has 1 aromatic heterocycles. The monoisotopic (exact) mass is 376 g/mol. The number of aryl methyl sites for hydroxylation is 2. The fraction of sp³-hybridized carbons (Fsp3) is 0.318. The van der Waals surface area contributed by atoms with E-state index < -0.39 is 0 Å². The van der Waals surface area contributed by atoms with Gasteiger partial charge in [0.25, 0.3) is 5.56 Å². The fourth-order valence-electron chi connectivity index (χ4n) is 3.63. The highest BCUT2D eigenvalue weighted by molar-refractivity contribution is 5.94. The maximum atomic E-state index is 12.6. The highest BCUT2D eigenvalue weighted by Crippen LogP contribution is 2.18. The summed E-state index contributed by atoms with van der Waals surface area (Å²) in [6.07, 6.45) is 3.76. The van der Waals surface area contributed by atoms with Gasteiger partial charge in [-0.15, -0.1) is 0 Å². The average Bonchev–Trinajstić information content (AvgIpc) is 3.18. The number of anilines is 1. The minimum atomic E-state index is -0.117. The summed E-state index contributed by atoms with van der Waals surface area (Å²) < 4.78 is 1.74. The third-order valence-electron chi connectivity index (χ3n) is 5.05. The second kappa shape index (κ2) is 8.35. The first-order valence-electron chi connectivity index (χ1n) is 9.79. The molecular weight excluding hydrogens is 352 g/mol. The van der Waals surface area contributed by atoms with Crippen molar-refractivity contribution in [2.75, 3.05) is 18.4 Å². The number of nitrogens with zero attached hydrogens (tertiary/aromatic N) is 2. The number of benzene rings is 2. The van der Waals surface area contributed by atoms with E-state index in [1.54, 1.807) is 22.8 Å². The van der Waals surface area contributed by atoms with Crippen molar-refractivity contribution >= 4 is 22.5 Å². The zero-order valence-electron chi connectivity index (χ0n) is 15.8. The highest BCUT2D eigenvalue weighted by atomic mass is 16.2. The van der Waals surface area contributed by atoms with E-state index in [0.717, 1.165) is 44.6 Å². The third-order valence-corrected chi connectivity index (χ3v) is 5.05. The predicted molar refractivity (Wildman–Crippen MR) is 111 cm³/mol. The number of fused-ring (bicyclic) bond motifs is 2. The molecule has 6 heteroatoms. The van der Waals surface area contributed by atoms with Gasteiger partial charge in [-0.2, -0.15) is 0 Å². The van der Waals surface area contributed by atoms with E-state index in [9.17, 15) is 9.59 Å². The van der Waals surface area contributed by atoms with E-state index >= 15 is 0 Å². The van der Waals surface area contributed by atoms with Gasteiger partial charge in [-0.05, 0) is 49.6 Å². The number of rotatable bonds is 7. The van der Waals surface area contributed by atoms with Crippen molar-refractivity contribution < 1.29 is 4.79 Å². The lowest BCUT2D eigenvalue weighted by molar-refractivity contribution is -0.115. The normalized spacial score (nSPS) is 12.9. The molecule has 0 fully saturated rings. The lowest BCUT2D eigenvalue weighted by Crippen LogP contribution is -2.29. The first-order valence-corrected chi connectivity index (χ1v) is 9.79. The second-order valence-electron chi connectivity index (χ2n) is 7.13. The van der Waals surface area contributed by atoms with Gasteiger partial charge in [0.1, 0.15) is 5.82 Å². The molecule has 0 aliphatic carbocycles. The maximum Gasteiger partial charge on any atom is 0.261 e. The number of amides is 1. The number of carbonyl (C=O) groups is 1. The molecule has 0 spiro atoms. The lowest BCUT2D eigenvalue weighted by Gasteiger charge is -2.09. The Morgan fingerprint density at radius 2 is 2.00 bits per heavy atom. The van der Waals surface area contributed by atoms with Crippen LogP contribution in [0.25, 0.3) is 10.9 Å². The van der Waals surface area contributed by atoms with Gasteiger partial charge in [-0.3, -0.25) is 14.2 Å². The Kier molecular flexibility index (Phi) is 5.48. The zero-order valence-corrected chi connectivity index (χ0v) is 15.8.